The lowest BCUT2D eigenvalue weighted by Gasteiger charge is -2.26. The van der Waals surface area contributed by atoms with E-state index in [-0.39, 0.29) is 6.10 Å². The van der Waals surface area contributed by atoms with Gasteiger partial charge in [0.1, 0.15) is 11.9 Å². The first-order valence-corrected chi connectivity index (χ1v) is 9.23. The van der Waals surface area contributed by atoms with Gasteiger partial charge in [-0.05, 0) is 32.9 Å². The number of aliphatic imine (C=N–C) groups is 1. The topological polar surface area (TPSA) is 58.1 Å². The summed E-state index contributed by atoms with van der Waals surface area (Å²) < 4.78 is 11.3. The summed E-state index contributed by atoms with van der Waals surface area (Å²) in [5, 5.41) is 6.68. The Balaban J connectivity index is 1.74. The molecule has 140 valence electrons. The van der Waals surface area contributed by atoms with Gasteiger partial charge >= 0.3 is 0 Å². The molecule has 0 radical (unpaired) electrons. The maximum absolute atomic E-state index is 5.91. The van der Waals surface area contributed by atoms with Gasteiger partial charge in [-0.1, -0.05) is 17.7 Å². The molecule has 1 saturated heterocycles. The summed E-state index contributed by atoms with van der Waals surface area (Å²) >= 11 is 0. The van der Waals surface area contributed by atoms with Gasteiger partial charge in [0.05, 0.1) is 19.8 Å². The van der Waals surface area contributed by atoms with E-state index in [9.17, 15) is 0 Å². The van der Waals surface area contributed by atoms with E-state index in [4.69, 9.17) is 9.47 Å². The fourth-order valence-corrected chi connectivity index (χ4v) is 2.61. The molecule has 0 amide bonds. The van der Waals surface area contributed by atoms with Gasteiger partial charge in [-0.15, -0.1) is 0 Å². The van der Waals surface area contributed by atoms with Gasteiger partial charge < -0.3 is 20.1 Å². The molecule has 0 aromatic heterocycles. The molecule has 0 aliphatic carbocycles. The third-order valence-corrected chi connectivity index (χ3v) is 4.03. The van der Waals surface area contributed by atoms with Crippen molar-refractivity contribution in [1.82, 2.24) is 15.5 Å². The zero-order valence-electron chi connectivity index (χ0n) is 15.8. The monoisotopic (exact) mass is 348 g/mol. The van der Waals surface area contributed by atoms with E-state index in [1.54, 1.807) is 0 Å². The van der Waals surface area contributed by atoms with Crippen molar-refractivity contribution in [2.45, 2.75) is 26.9 Å². The predicted molar refractivity (Wildman–Crippen MR) is 103 cm³/mol. The van der Waals surface area contributed by atoms with E-state index < -0.39 is 0 Å². The number of nitrogens with zero attached hydrogens (tertiary/aromatic N) is 2. The Morgan fingerprint density at radius 3 is 2.64 bits per heavy atom. The van der Waals surface area contributed by atoms with Crippen molar-refractivity contribution in [1.29, 1.82) is 0 Å². The van der Waals surface area contributed by atoms with Crippen LogP contribution in [0.2, 0.25) is 0 Å². The van der Waals surface area contributed by atoms with Crippen molar-refractivity contribution in [3.63, 3.8) is 0 Å². The second-order valence-electron chi connectivity index (χ2n) is 6.34. The van der Waals surface area contributed by atoms with Crippen LogP contribution in [0.4, 0.5) is 0 Å². The quantitative estimate of drug-likeness (QED) is 0.553. The Kier molecular flexibility index (Phi) is 8.55. The minimum Gasteiger partial charge on any atom is -0.489 e. The summed E-state index contributed by atoms with van der Waals surface area (Å²) in [4.78, 5) is 7.04. The Labute approximate surface area is 151 Å². The lowest BCUT2D eigenvalue weighted by molar-refractivity contribution is 0.0389. The molecule has 25 heavy (non-hydrogen) atoms. The molecule has 1 aliphatic rings. The molecule has 1 aliphatic heterocycles. The van der Waals surface area contributed by atoms with E-state index in [0.717, 1.165) is 57.6 Å². The number of aryl methyl sites for hydroxylation is 1. The SMILES string of the molecule is CCNC(=NCC(C)Oc1ccc(C)cc1)NCCN1CCOCC1. The second kappa shape index (κ2) is 10.9. The molecular weight excluding hydrogens is 316 g/mol. The number of nitrogens with one attached hydrogen (secondary N) is 2. The number of ether oxygens (including phenoxy) is 2. The fourth-order valence-electron chi connectivity index (χ4n) is 2.61. The van der Waals surface area contributed by atoms with Crippen LogP contribution in [0.15, 0.2) is 29.3 Å². The minimum atomic E-state index is 0.0254. The molecule has 1 fully saturated rings. The van der Waals surface area contributed by atoms with Crippen LogP contribution in [0.5, 0.6) is 5.75 Å². The number of guanidine groups is 1. The minimum absolute atomic E-state index is 0.0254. The molecule has 1 unspecified atom stereocenters. The summed E-state index contributed by atoms with van der Waals surface area (Å²) in [6.07, 6.45) is 0.0254. The molecule has 2 rings (SSSR count). The molecule has 0 bridgehead atoms. The Morgan fingerprint density at radius 2 is 1.96 bits per heavy atom. The van der Waals surface area contributed by atoms with Crippen LogP contribution in [0.1, 0.15) is 19.4 Å². The van der Waals surface area contributed by atoms with Gasteiger partial charge in [-0.25, -0.2) is 4.99 Å². The van der Waals surface area contributed by atoms with Gasteiger partial charge in [0.2, 0.25) is 0 Å². The third-order valence-electron chi connectivity index (χ3n) is 4.03. The molecule has 1 atom stereocenters. The zero-order valence-corrected chi connectivity index (χ0v) is 15.8. The normalized spacial score (nSPS) is 17.2. The van der Waals surface area contributed by atoms with Crippen molar-refractivity contribution in [3.8, 4) is 5.75 Å². The molecule has 1 aromatic carbocycles. The highest BCUT2D eigenvalue weighted by Crippen LogP contribution is 2.13. The van der Waals surface area contributed by atoms with E-state index in [0.29, 0.717) is 6.54 Å². The molecule has 6 nitrogen and oxygen atoms in total. The van der Waals surface area contributed by atoms with Crippen molar-refractivity contribution < 1.29 is 9.47 Å². The highest BCUT2D eigenvalue weighted by atomic mass is 16.5. The van der Waals surface area contributed by atoms with Gasteiger partial charge in [-0.3, -0.25) is 4.90 Å². The molecule has 1 aromatic rings. The number of hydrogen-bond acceptors (Lipinski definition) is 4. The van der Waals surface area contributed by atoms with E-state index >= 15 is 0 Å². The van der Waals surface area contributed by atoms with E-state index in [1.165, 1.54) is 5.56 Å². The summed E-state index contributed by atoms with van der Waals surface area (Å²) in [6.45, 7) is 13.2. The third kappa shape index (κ3) is 7.75. The van der Waals surface area contributed by atoms with Crippen molar-refractivity contribution in [2.24, 2.45) is 4.99 Å². The summed E-state index contributed by atoms with van der Waals surface area (Å²) in [6, 6.07) is 8.12. The maximum atomic E-state index is 5.91. The smallest absolute Gasteiger partial charge is 0.191 e. The fraction of sp³-hybridized carbons (Fsp3) is 0.632. The zero-order chi connectivity index (χ0) is 17.9. The number of morpholine rings is 1. The first kappa shape index (κ1) is 19.5. The summed E-state index contributed by atoms with van der Waals surface area (Å²) in [5.41, 5.74) is 1.23. The van der Waals surface area contributed by atoms with Gasteiger partial charge in [0, 0.05) is 32.7 Å². The standard InChI is InChI=1S/C19H32N4O2/c1-4-20-19(21-9-10-23-11-13-24-14-12-23)22-15-17(3)25-18-7-5-16(2)6-8-18/h5-8,17H,4,9-15H2,1-3H3,(H2,20,21,22). The van der Waals surface area contributed by atoms with Gasteiger partial charge in [0.25, 0.3) is 0 Å². The Hall–Kier alpha value is -1.79. The summed E-state index contributed by atoms with van der Waals surface area (Å²) in [5.74, 6) is 1.73. The Bertz CT molecular complexity index is 513. The lowest BCUT2D eigenvalue weighted by atomic mass is 10.2. The largest absolute Gasteiger partial charge is 0.489 e. The number of hydrogen-bond donors (Lipinski definition) is 2. The van der Waals surface area contributed by atoms with Gasteiger partial charge in [0.15, 0.2) is 5.96 Å². The van der Waals surface area contributed by atoms with Crippen LogP contribution >= 0.6 is 0 Å². The van der Waals surface area contributed by atoms with Crippen molar-refractivity contribution >= 4 is 5.96 Å². The maximum Gasteiger partial charge on any atom is 0.191 e. The number of rotatable bonds is 8. The lowest BCUT2D eigenvalue weighted by Crippen LogP contribution is -2.44. The van der Waals surface area contributed by atoms with Crippen LogP contribution in [-0.2, 0) is 4.74 Å². The predicted octanol–water partition coefficient (Wildman–Crippen LogP) is 1.65. The molecule has 2 N–H and O–H groups in total. The van der Waals surface area contributed by atoms with Crippen LogP contribution in [0, 0.1) is 6.92 Å². The first-order chi connectivity index (χ1) is 12.2. The average Bonchev–Trinajstić information content (AvgIpc) is 2.62. The molecule has 1 heterocycles. The molecule has 0 saturated carbocycles. The van der Waals surface area contributed by atoms with Crippen molar-refractivity contribution in [2.75, 3.05) is 52.5 Å². The highest BCUT2D eigenvalue weighted by Gasteiger charge is 2.10. The van der Waals surface area contributed by atoms with E-state index in [1.807, 2.05) is 19.1 Å². The second-order valence-corrected chi connectivity index (χ2v) is 6.34. The van der Waals surface area contributed by atoms with E-state index in [2.05, 4.69) is 46.5 Å². The van der Waals surface area contributed by atoms with Gasteiger partial charge in [-0.2, -0.15) is 0 Å². The van der Waals surface area contributed by atoms with Crippen LogP contribution in [0.3, 0.4) is 0 Å². The van der Waals surface area contributed by atoms with Crippen LogP contribution in [0.25, 0.3) is 0 Å². The van der Waals surface area contributed by atoms with Crippen LogP contribution in [-0.4, -0.2) is 69.4 Å². The van der Waals surface area contributed by atoms with Crippen molar-refractivity contribution in [3.05, 3.63) is 29.8 Å². The summed E-state index contributed by atoms with van der Waals surface area (Å²) in [7, 11) is 0. The first-order valence-electron chi connectivity index (χ1n) is 9.23. The molecular formula is C19H32N4O2. The number of benzene rings is 1. The Morgan fingerprint density at radius 1 is 1.24 bits per heavy atom. The van der Waals surface area contributed by atoms with Crippen LogP contribution < -0.4 is 15.4 Å². The average molecular weight is 348 g/mol. The molecule has 6 heteroatoms. The molecule has 0 spiro atoms. The highest BCUT2D eigenvalue weighted by molar-refractivity contribution is 5.79.